The highest BCUT2D eigenvalue weighted by Crippen LogP contribution is 2.25. The van der Waals surface area contributed by atoms with Crippen molar-refractivity contribution in [1.82, 2.24) is 20.5 Å². The number of pyridine rings is 1. The van der Waals surface area contributed by atoms with Crippen molar-refractivity contribution >= 4 is 11.7 Å². The van der Waals surface area contributed by atoms with Crippen molar-refractivity contribution < 1.29 is 4.79 Å². The number of hydrogen-bond acceptors (Lipinski definition) is 5. The van der Waals surface area contributed by atoms with Crippen molar-refractivity contribution in [2.75, 3.05) is 18.0 Å². The maximum absolute atomic E-state index is 12.6. The van der Waals surface area contributed by atoms with Crippen molar-refractivity contribution in [3.05, 3.63) is 72.1 Å². The molecule has 3 aromatic rings. The molecule has 0 radical (unpaired) electrons. The minimum atomic E-state index is -0.0433. The standard InChI is InChI=1S/C23H25N5O/c1-17-6-2-3-9-20(17)21-10-11-22(27-26-21)28-13-5-8-19(16-28)23(29)25-15-18-7-4-12-24-14-18/h2-4,6-7,9-12,14,19H,5,8,13,15-16H2,1H3,(H,25,29). The van der Waals surface area contributed by atoms with Gasteiger partial charge in [0.25, 0.3) is 0 Å². The van der Waals surface area contributed by atoms with Gasteiger partial charge in [0, 0.05) is 37.6 Å². The second-order valence-electron chi connectivity index (χ2n) is 7.46. The number of nitrogens with zero attached hydrogens (tertiary/aromatic N) is 4. The lowest BCUT2D eigenvalue weighted by molar-refractivity contribution is -0.125. The zero-order chi connectivity index (χ0) is 20.1. The molecule has 1 fully saturated rings. The number of carbonyl (C=O) groups excluding carboxylic acids is 1. The predicted molar refractivity (Wildman–Crippen MR) is 113 cm³/mol. The van der Waals surface area contributed by atoms with E-state index >= 15 is 0 Å². The largest absolute Gasteiger partial charge is 0.354 e. The van der Waals surface area contributed by atoms with Crippen molar-refractivity contribution in [3.63, 3.8) is 0 Å². The summed E-state index contributed by atoms with van der Waals surface area (Å²) < 4.78 is 0. The van der Waals surface area contributed by atoms with Crippen LogP contribution in [0.3, 0.4) is 0 Å². The Balaban J connectivity index is 1.39. The Kier molecular flexibility index (Phi) is 5.79. The molecule has 1 amide bonds. The minimum absolute atomic E-state index is 0.0433. The molecule has 1 atom stereocenters. The molecule has 148 valence electrons. The maximum atomic E-state index is 12.6. The van der Waals surface area contributed by atoms with E-state index in [9.17, 15) is 4.79 Å². The van der Waals surface area contributed by atoms with Crippen LogP contribution < -0.4 is 10.2 Å². The van der Waals surface area contributed by atoms with Gasteiger partial charge in [0.15, 0.2) is 5.82 Å². The monoisotopic (exact) mass is 387 g/mol. The second-order valence-corrected chi connectivity index (χ2v) is 7.46. The number of aryl methyl sites for hydroxylation is 1. The van der Waals surface area contributed by atoms with Crippen LogP contribution in [0.2, 0.25) is 0 Å². The van der Waals surface area contributed by atoms with Crippen molar-refractivity contribution in [3.8, 4) is 11.3 Å². The Morgan fingerprint density at radius 1 is 1.14 bits per heavy atom. The third-order valence-electron chi connectivity index (χ3n) is 5.38. The van der Waals surface area contributed by atoms with E-state index in [0.29, 0.717) is 13.1 Å². The van der Waals surface area contributed by atoms with Crippen LogP contribution in [0.5, 0.6) is 0 Å². The topological polar surface area (TPSA) is 71.0 Å². The molecule has 4 rings (SSSR count). The molecule has 0 aliphatic carbocycles. The van der Waals surface area contributed by atoms with Gasteiger partial charge in [-0.3, -0.25) is 9.78 Å². The summed E-state index contributed by atoms with van der Waals surface area (Å²) >= 11 is 0. The molecule has 1 unspecified atom stereocenters. The van der Waals surface area contributed by atoms with Crippen LogP contribution in [0.25, 0.3) is 11.3 Å². The van der Waals surface area contributed by atoms with E-state index in [-0.39, 0.29) is 11.8 Å². The first-order valence-electron chi connectivity index (χ1n) is 10.0. The third kappa shape index (κ3) is 4.59. The summed E-state index contributed by atoms with van der Waals surface area (Å²) in [6.07, 6.45) is 5.37. The van der Waals surface area contributed by atoms with E-state index in [4.69, 9.17) is 0 Å². The van der Waals surface area contributed by atoms with E-state index < -0.39 is 0 Å². The Bertz CT molecular complexity index is 959. The molecule has 6 nitrogen and oxygen atoms in total. The molecular weight excluding hydrogens is 362 g/mol. The average Bonchev–Trinajstić information content (AvgIpc) is 2.79. The number of piperidine rings is 1. The average molecular weight is 387 g/mol. The fraction of sp³-hybridized carbons (Fsp3) is 0.304. The molecule has 1 N–H and O–H groups in total. The lowest BCUT2D eigenvalue weighted by Gasteiger charge is -2.32. The molecule has 0 bridgehead atoms. The summed E-state index contributed by atoms with van der Waals surface area (Å²) in [6.45, 7) is 4.14. The van der Waals surface area contributed by atoms with Gasteiger partial charge in [0.05, 0.1) is 11.6 Å². The fourth-order valence-corrected chi connectivity index (χ4v) is 3.73. The van der Waals surface area contributed by atoms with E-state index in [1.807, 2.05) is 36.4 Å². The van der Waals surface area contributed by atoms with Crippen molar-refractivity contribution in [2.24, 2.45) is 5.92 Å². The molecule has 2 aromatic heterocycles. The van der Waals surface area contributed by atoms with E-state index in [0.717, 1.165) is 42.0 Å². The molecule has 6 heteroatoms. The van der Waals surface area contributed by atoms with Gasteiger partial charge in [0.1, 0.15) is 0 Å². The smallest absolute Gasteiger partial charge is 0.225 e. The molecule has 29 heavy (non-hydrogen) atoms. The van der Waals surface area contributed by atoms with E-state index in [1.165, 1.54) is 5.56 Å². The van der Waals surface area contributed by atoms with Crippen molar-refractivity contribution in [2.45, 2.75) is 26.3 Å². The van der Waals surface area contributed by atoms with Gasteiger partial charge in [-0.2, -0.15) is 0 Å². The van der Waals surface area contributed by atoms with Crippen LogP contribution >= 0.6 is 0 Å². The Morgan fingerprint density at radius 2 is 2.03 bits per heavy atom. The van der Waals surface area contributed by atoms with E-state index in [2.05, 4.69) is 44.5 Å². The molecule has 1 saturated heterocycles. The fourth-order valence-electron chi connectivity index (χ4n) is 3.73. The summed E-state index contributed by atoms with van der Waals surface area (Å²) in [5, 5.41) is 11.9. The zero-order valence-corrected chi connectivity index (χ0v) is 16.6. The number of anilines is 1. The summed E-state index contributed by atoms with van der Waals surface area (Å²) in [5.74, 6) is 0.869. The Labute approximate surface area is 171 Å². The number of amides is 1. The summed E-state index contributed by atoms with van der Waals surface area (Å²) in [4.78, 5) is 18.9. The number of nitrogens with one attached hydrogen (secondary N) is 1. The van der Waals surface area contributed by atoms with Crippen LogP contribution in [-0.4, -0.2) is 34.2 Å². The molecule has 3 heterocycles. The van der Waals surface area contributed by atoms with Gasteiger partial charge in [-0.25, -0.2) is 0 Å². The first kappa shape index (κ1) is 19.1. The zero-order valence-electron chi connectivity index (χ0n) is 16.6. The normalized spacial score (nSPS) is 16.4. The predicted octanol–water partition coefficient (Wildman–Crippen LogP) is 3.38. The summed E-state index contributed by atoms with van der Waals surface area (Å²) in [7, 11) is 0. The van der Waals surface area contributed by atoms with Crippen LogP contribution in [-0.2, 0) is 11.3 Å². The summed E-state index contributed by atoms with van der Waals surface area (Å²) in [6, 6.07) is 16.0. The van der Waals surface area contributed by atoms with Crippen LogP contribution in [0.4, 0.5) is 5.82 Å². The number of rotatable bonds is 5. The lowest BCUT2D eigenvalue weighted by Crippen LogP contribution is -2.43. The lowest BCUT2D eigenvalue weighted by atomic mass is 9.97. The van der Waals surface area contributed by atoms with Crippen LogP contribution in [0.1, 0.15) is 24.0 Å². The molecular formula is C23H25N5O. The van der Waals surface area contributed by atoms with Gasteiger partial charge in [0.2, 0.25) is 5.91 Å². The highest BCUT2D eigenvalue weighted by Gasteiger charge is 2.26. The molecule has 0 spiro atoms. The van der Waals surface area contributed by atoms with Gasteiger partial charge in [-0.05, 0) is 49.1 Å². The molecule has 1 aromatic carbocycles. The van der Waals surface area contributed by atoms with E-state index in [1.54, 1.807) is 12.4 Å². The number of aromatic nitrogens is 3. The Morgan fingerprint density at radius 3 is 2.79 bits per heavy atom. The number of carbonyl (C=O) groups is 1. The number of hydrogen-bond donors (Lipinski definition) is 1. The molecule has 1 aliphatic rings. The Hall–Kier alpha value is -3.28. The van der Waals surface area contributed by atoms with Crippen LogP contribution in [0, 0.1) is 12.8 Å². The molecule has 1 aliphatic heterocycles. The second kappa shape index (κ2) is 8.82. The van der Waals surface area contributed by atoms with Crippen LogP contribution in [0.15, 0.2) is 60.9 Å². The van der Waals surface area contributed by atoms with Gasteiger partial charge in [-0.1, -0.05) is 30.3 Å². The van der Waals surface area contributed by atoms with Crippen molar-refractivity contribution in [1.29, 1.82) is 0 Å². The molecule has 0 saturated carbocycles. The first-order chi connectivity index (χ1) is 14.2. The third-order valence-corrected chi connectivity index (χ3v) is 5.38. The highest BCUT2D eigenvalue weighted by molar-refractivity contribution is 5.79. The van der Waals surface area contributed by atoms with Gasteiger partial charge in [-0.15, -0.1) is 10.2 Å². The SMILES string of the molecule is Cc1ccccc1-c1ccc(N2CCCC(C(=O)NCc3cccnc3)C2)nn1. The van der Waals surface area contributed by atoms with Gasteiger partial charge >= 0.3 is 0 Å². The quantitative estimate of drug-likeness (QED) is 0.727. The van der Waals surface area contributed by atoms with Gasteiger partial charge < -0.3 is 10.2 Å². The first-order valence-corrected chi connectivity index (χ1v) is 10.0. The number of benzene rings is 1. The maximum Gasteiger partial charge on any atom is 0.225 e. The summed E-state index contributed by atoms with van der Waals surface area (Å²) in [5.41, 5.74) is 4.15. The highest BCUT2D eigenvalue weighted by atomic mass is 16.1. The minimum Gasteiger partial charge on any atom is -0.354 e.